The number of aliphatic hydroxyl groups is 1. The first-order valence-corrected chi connectivity index (χ1v) is 14.2. The minimum absolute atomic E-state index is 0.110. The molecule has 0 bridgehead atoms. The Bertz CT molecular complexity index is 1220. The largest absolute Gasteiger partial charge is 0.504 e. The maximum atomic E-state index is 13.0. The third-order valence-corrected chi connectivity index (χ3v) is 9.11. The highest BCUT2D eigenvalue weighted by Gasteiger charge is 2.47. The molecule has 3 fully saturated rings. The van der Waals surface area contributed by atoms with Crippen LogP contribution in [0.25, 0.3) is 5.76 Å². The zero-order valence-electron chi connectivity index (χ0n) is 23.3. The fourth-order valence-electron chi connectivity index (χ4n) is 6.82. The smallest absolute Gasteiger partial charge is 0.219 e. The Morgan fingerprint density at radius 1 is 1.23 bits per heavy atom. The fraction of sp³-hybridized carbons (Fsp3) is 0.621. The molecule has 1 saturated heterocycles. The molecule has 1 spiro atoms. The Labute approximate surface area is 230 Å². The Morgan fingerprint density at radius 2 is 2.03 bits per heavy atom. The number of nitrogens with zero attached hydrogens (tertiary/aromatic N) is 4. The second-order valence-corrected chi connectivity index (χ2v) is 11.4. The highest BCUT2D eigenvalue weighted by Crippen LogP contribution is 2.46. The lowest BCUT2D eigenvalue weighted by atomic mass is 9.62. The highest BCUT2D eigenvalue weighted by atomic mass is 16.5. The molecule has 3 atom stereocenters. The first-order chi connectivity index (χ1) is 18.8. The number of aromatic nitrogens is 2. The lowest BCUT2D eigenvalue weighted by Crippen LogP contribution is -2.44. The predicted molar refractivity (Wildman–Crippen MR) is 152 cm³/mol. The van der Waals surface area contributed by atoms with Crippen LogP contribution in [0.15, 0.2) is 22.9 Å². The van der Waals surface area contributed by atoms with Crippen LogP contribution in [0.2, 0.25) is 0 Å². The summed E-state index contributed by atoms with van der Waals surface area (Å²) in [6.07, 6.45) is 8.31. The zero-order chi connectivity index (χ0) is 27.7. The van der Waals surface area contributed by atoms with Crippen LogP contribution in [0, 0.1) is 16.2 Å². The van der Waals surface area contributed by atoms with Crippen molar-refractivity contribution < 1.29 is 14.6 Å². The molecular weight excluding hydrogens is 494 g/mol. The van der Waals surface area contributed by atoms with Gasteiger partial charge in [-0.05, 0) is 65.5 Å². The molecule has 1 aromatic rings. The summed E-state index contributed by atoms with van der Waals surface area (Å²) in [4.78, 5) is 26.7. The number of anilines is 1. The van der Waals surface area contributed by atoms with Crippen molar-refractivity contribution in [3.8, 4) is 5.88 Å². The van der Waals surface area contributed by atoms with Gasteiger partial charge in [0, 0.05) is 55.2 Å². The maximum absolute atomic E-state index is 13.0. The molecule has 0 radical (unpaired) electrons. The van der Waals surface area contributed by atoms with Gasteiger partial charge >= 0.3 is 0 Å². The Hall–Kier alpha value is -3.27. The first kappa shape index (κ1) is 27.3. The molecule has 2 aliphatic heterocycles. The summed E-state index contributed by atoms with van der Waals surface area (Å²) in [7, 11) is 3.95. The molecule has 5 rings (SSSR count). The molecule has 4 N–H and O–H groups in total. The average molecular weight is 536 g/mol. The number of likely N-dealkylation sites (tertiary alicyclic amines) is 1. The molecule has 0 amide bonds. The van der Waals surface area contributed by atoms with E-state index in [2.05, 4.69) is 22.2 Å². The van der Waals surface area contributed by atoms with E-state index in [4.69, 9.17) is 20.5 Å². The second-order valence-electron chi connectivity index (χ2n) is 11.4. The van der Waals surface area contributed by atoms with Crippen molar-refractivity contribution in [2.24, 2.45) is 5.41 Å². The molecule has 0 unspecified atom stereocenters. The van der Waals surface area contributed by atoms with E-state index < -0.39 is 5.41 Å². The minimum Gasteiger partial charge on any atom is -0.504 e. The summed E-state index contributed by atoms with van der Waals surface area (Å²) in [5.41, 5.74) is 1.73. The molecule has 0 aromatic carbocycles. The average Bonchev–Trinajstić information content (AvgIpc) is 3.57. The molecule has 3 heterocycles. The number of likely N-dealkylation sites (N-methyl/N-ethyl adjacent to an activating group) is 2. The number of allylic oxidation sites excluding steroid dienone is 1. The molecule has 2 aliphatic carbocycles. The van der Waals surface area contributed by atoms with Crippen LogP contribution in [0.4, 0.5) is 5.82 Å². The topological polar surface area (TPSA) is 139 Å². The summed E-state index contributed by atoms with van der Waals surface area (Å²) in [5, 5.41) is 31.6. The van der Waals surface area contributed by atoms with Crippen LogP contribution >= 0.6 is 0 Å². The highest BCUT2D eigenvalue weighted by molar-refractivity contribution is 6.18. The Balaban J connectivity index is 1.51. The van der Waals surface area contributed by atoms with Crippen LogP contribution in [-0.4, -0.2) is 83.6 Å². The van der Waals surface area contributed by atoms with Crippen molar-refractivity contribution in [1.82, 2.24) is 20.2 Å². The lowest BCUT2D eigenvalue weighted by Gasteiger charge is -2.40. The summed E-state index contributed by atoms with van der Waals surface area (Å²) in [6, 6.07) is 2.07. The Kier molecular flexibility index (Phi) is 7.75. The van der Waals surface area contributed by atoms with E-state index in [9.17, 15) is 9.90 Å². The lowest BCUT2D eigenvalue weighted by molar-refractivity contribution is -0.128. The molecular formula is C29H41N7O3. The number of aliphatic hydroxyl groups excluding tert-OH is 1. The van der Waals surface area contributed by atoms with E-state index in [0.29, 0.717) is 56.0 Å². The number of hydrogen-bond acceptors (Lipinski definition) is 10. The van der Waals surface area contributed by atoms with Gasteiger partial charge in [-0.15, -0.1) is 0 Å². The summed E-state index contributed by atoms with van der Waals surface area (Å²) in [5.74, 6) is 1.06. The number of nitrogens with one attached hydrogen (secondary N) is 3. The molecule has 39 heavy (non-hydrogen) atoms. The third kappa shape index (κ3) is 5.06. The standard InChI is InChI=1S/C29H41N7O3/c1-18(22-9-7-13-35(22)3)39-25-14-24(36-16-19(15-30)21(17-36)32-2)33-28(34-25)26(38)20-8-6-12-29(27(20)31)11-5-4-10-23(29)37/h14-15,18,22,30-32,38H,4-13,16-17H2,1-3H3/b26-20-,30-15?,31-27?/t18-,22-,29+/m0/s1. The van der Waals surface area contributed by atoms with Gasteiger partial charge in [-0.1, -0.05) is 6.42 Å². The van der Waals surface area contributed by atoms with Crippen LogP contribution in [0.1, 0.15) is 70.5 Å². The van der Waals surface area contributed by atoms with Gasteiger partial charge in [-0.2, -0.15) is 4.98 Å². The molecule has 1 aromatic heterocycles. The van der Waals surface area contributed by atoms with Gasteiger partial charge < -0.3 is 30.9 Å². The van der Waals surface area contributed by atoms with Crippen molar-refractivity contribution in [2.75, 3.05) is 38.6 Å². The fourth-order valence-corrected chi connectivity index (χ4v) is 6.82. The quantitative estimate of drug-likeness (QED) is 0.305. The molecule has 210 valence electrons. The number of ketones is 1. The summed E-state index contributed by atoms with van der Waals surface area (Å²) < 4.78 is 6.37. The maximum Gasteiger partial charge on any atom is 0.219 e. The first-order valence-electron chi connectivity index (χ1n) is 14.2. The summed E-state index contributed by atoms with van der Waals surface area (Å²) >= 11 is 0. The van der Waals surface area contributed by atoms with Gasteiger partial charge in [-0.25, -0.2) is 4.98 Å². The molecule has 4 aliphatic rings. The zero-order valence-corrected chi connectivity index (χ0v) is 23.3. The second kappa shape index (κ2) is 11.1. The van der Waals surface area contributed by atoms with E-state index in [1.165, 1.54) is 6.21 Å². The van der Waals surface area contributed by atoms with E-state index in [-0.39, 0.29) is 35.2 Å². The van der Waals surface area contributed by atoms with Crippen LogP contribution in [-0.2, 0) is 4.79 Å². The van der Waals surface area contributed by atoms with E-state index in [0.717, 1.165) is 49.9 Å². The Morgan fingerprint density at radius 3 is 2.69 bits per heavy atom. The van der Waals surface area contributed by atoms with E-state index >= 15 is 0 Å². The van der Waals surface area contributed by atoms with Crippen molar-refractivity contribution in [2.45, 2.75) is 76.9 Å². The van der Waals surface area contributed by atoms with Gasteiger partial charge in [0.15, 0.2) is 11.6 Å². The number of hydrogen-bond donors (Lipinski definition) is 4. The predicted octanol–water partition coefficient (Wildman–Crippen LogP) is 3.88. The van der Waals surface area contributed by atoms with E-state index in [1.54, 1.807) is 6.07 Å². The number of carbonyl (C=O) groups is 1. The summed E-state index contributed by atoms with van der Waals surface area (Å²) in [6.45, 7) is 4.13. The van der Waals surface area contributed by atoms with Crippen molar-refractivity contribution >= 4 is 29.3 Å². The number of rotatable bonds is 7. The number of carbonyl (C=O) groups excluding carboxylic acids is 1. The molecule has 10 heteroatoms. The minimum atomic E-state index is -0.794. The third-order valence-electron chi connectivity index (χ3n) is 9.11. The normalized spacial score (nSPS) is 28.3. The van der Waals surface area contributed by atoms with Crippen LogP contribution in [0.5, 0.6) is 5.88 Å². The molecule has 10 nitrogen and oxygen atoms in total. The van der Waals surface area contributed by atoms with E-state index in [1.807, 2.05) is 18.9 Å². The SMILES string of the molecule is CNC1=C(C=N)CN(c2cc(O[C@@H](C)[C@@H]3CCCN3C)nc(/C(O)=C3\CCC[C@@]4(CCCCC4=O)C3=N)n2)C1. The van der Waals surface area contributed by atoms with Gasteiger partial charge in [0.25, 0.3) is 0 Å². The number of ether oxygens (including phenoxy) is 1. The van der Waals surface area contributed by atoms with Gasteiger partial charge in [0.2, 0.25) is 5.88 Å². The van der Waals surface area contributed by atoms with Gasteiger partial charge in [-0.3, -0.25) is 9.69 Å². The van der Waals surface area contributed by atoms with Crippen molar-refractivity contribution in [3.05, 3.63) is 28.7 Å². The van der Waals surface area contributed by atoms with Crippen LogP contribution in [0.3, 0.4) is 0 Å². The monoisotopic (exact) mass is 535 g/mol. The van der Waals surface area contributed by atoms with Crippen molar-refractivity contribution in [1.29, 1.82) is 10.8 Å². The van der Waals surface area contributed by atoms with Crippen molar-refractivity contribution in [3.63, 3.8) is 0 Å². The van der Waals surface area contributed by atoms with Gasteiger partial charge in [0.05, 0.1) is 17.7 Å². The number of Topliss-reactive ketones (excluding diaryl/α,β-unsaturated/α-hetero) is 1. The van der Waals surface area contributed by atoms with Gasteiger partial charge in [0.1, 0.15) is 17.7 Å². The molecule has 2 saturated carbocycles. The van der Waals surface area contributed by atoms with Crippen LogP contribution < -0.4 is 15.0 Å².